The fourth-order valence-corrected chi connectivity index (χ4v) is 6.16. The second kappa shape index (κ2) is 12.3. The van der Waals surface area contributed by atoms with Gasteiger partial charge in [0, 0.05) is 0 Å². The highest BCUT2D eigenvalue weighted by molar-refractivity contribution is 5.45. The Morgan fingerprint density at radius 1 is 0.886 bits per heavy atom. The average Bonchev–Trinajstić information content (AvgIpc) is 2.87. The maximum Gasteiger partial charge on any atom is 0.139 e. The van der Waals surface area contributed by atoms with Gasteiger partial charge in [-0.3, -0.25) is 0 Å². The van der Waals surface area contributed by atoms with Gasteiger partial charge in [-0.05, 0) is 124 Å². The van der Waals surface area contributed by atoms with Gasteiger partial charge in [0.05, 0.1) is 11.1 Å². The molecule has 0 aliphatic heterocycles. The molecular weight excluding hydrogens is 434 g/mol. The first-order valence-corrected chi connectivity index (χ1v) is 13.4. The predicted molar refractivity (Wildman–Crippen MR) is 142 cm³/mol. The third-order valence-electron chi connectivity index (χ3n) is 8.17. The van der Waals surface area contributed by atoms with E-state index in [1.165, 1.54) is 51.0 Å². The zero-order valence-electron chi connectivity index (χ0n) is 21.0. The van der Waals surface area contributed by atoms with E-state index < -0.39 is 0 Å². The molecule has 4 unspecified atom stereocenters. The van der Waals surface area contributed by atoms with Gasteiger partial charge in [-0.1, -0.05) is 48.6 Å². The first-order chi connectivity index (χ1) is 17.1. The van der Waals surface area contributed by atoms with Crippen LogP contribution in [0.3, 0.4) is 0 Å². The van der Waals surface area contributed by atoms with Gasteiger partial charge in [0.15, 0.2) is 0 Å². The summed E-state index contributed by atoms with van der Waals surface area (Å²) < 4.78 is 29.3. The molecule has 0 N–H and O–H groups in total. The normalized spacial score (nSPS) is 24.0. The van der Waals surface area contributed by atoms with Gasteiger partial charge in [-0.25, -0.2) is 8.78 Å². The number of benzene rings is 2. The van der Waals surface area contributed by atoms with E-state index in [0.717, 1.165) is 48.1 Å². The van der Waals surface area contributed by atoms with Crippen LogP contribution in [-0.4, -0.2) is 0 Å². The number of hydrogen-bond donors (Lipinski definition) is 0. The number of fused-ring (bicyclic) bond motifs is 1. The lowest BCUT2D eigenvalue weighted by Gasteiger charge is -2.42. The van der Waals surface area contributed by atoms with Crippen LogP contribution in [-0.2, 0) is 6.42 Å². The fourth-order valence-electron chi connectivity index (χ4n) is 6.16. The van der Waals surface area contributed by atoms with Crippen molar-refractivity contribution in [2.24, 2.45) is 17.8 Å². The van der Waals surface area contributed by atoms with Gasteiger partial charge in [0.2, 0.25) is 0 Å². The van der Waals surface area contributed by atoms with Crippen LogP contribution < -0.4 is 0 Å². The zero-order chi connectivity index (χ0) is 24.6. The molecule has 2 saturated carbocycles. The molecule has 4 atom stereocenters. The zero-order valence-corrected chi connectivity index (χ0v) is 21.0. The van der Waals surface area contributed by atoms with Crippen molar-refractivity contribution in [2.75, 3.05) is 0 Å². The highest BCUT2D eigenvalue weighted by Crippen LogP contribution is 2.48. The van der Waals surface area contributed by atoms with E-state index in [1.807, 2.05) is 18.2 Å². The Bertz CT molecular complexity index is 1100. The molecule has 0 saturated heterocycles. The molecule has 2 heteroatoms. The summed E-state index contributed by atoms with van der Waals surface area (Å²) in [6.45, 7) is 5.80. The first kappa shape index (κ1) is 25.4. The number of aryl methyl sites for hydroxylation is 1. The van der Waals surface area contributed by atoms with Crippen molar-refractivity contribution in [2.45, 2.75) is 77.0 Å². The first-order valence-electron chi connectivity index (χ1n) is 13.4. The maximum absolute atomic E-state index is 14.9. The van der Waals surface area contributed by atoms with Crippen molar-refractivity contribution < 1.29 is 8.78 Å². The molecule has 0 bridgehead atoms. The van der Waals surface area contributed by atoms with Crippen molar-refractivity contribution >= 4 is 0 Å². The van der Waals surface area contributed by atoms with Gasteiger partial charge < -0.3 is 0 Å². The lowest BCUT2D eigenvalue weighted by atomic mass is 9.63. The summed E-state index contributed by atoms with van der Waals surface area (Å²) in [7, 11) is 0. The Kier molecular flexibility index (Phi) is 8.97. The van der Waals surface area contributed by atoms with E-state index in [2.05, 4.69) is 37.5 Å². The Hall–Kier alpha value is -2.66. The van der Waals surface area contributed by atoms with Crippen molar-refractivity contribution in [1.29, 1.82) is 0 Å². The quantitative estimate of drug-likeness (QED) is 0.278. The van der Waals surface area contributed by atoms with Gasteiger partial charge in [-0.2, -0.15) is 0 Å². The van der Waals surface area contributed by atoms with Gasteiger partial charge in [0.1, 0.15) is 11.6 Å². The molecule has 0 nitrogen and oxygen atoms in total. The molecule has 184 valence electrons. The fraction of sp³-hybridized carbons (Fsp3) is 0.455. The molecule has 0 spiro atoms. The Labute approximate surface area is 210 Å². The number of hydrogen-bond acceptors (Lipinski definition) is 0. The maximum atomic E-state index is 14.9. The van der Waals surface area contributed by atoms with Crippen molar-refractivity contribution in [3.8, 4) is 11.8 Å². The smallest absolute Gasteiger partial charge is 0.139 e. The second-order valence-corrected chi connectivity index (χ2v) is 10.5. The summed E-state index contributed by atoms with van der Waals surface area (Å²) in [5.74, 6) is 7.97. The molecule has 0 radical (unpaired) electrons. The predicted octanol–water partition coefficient (Wildman–Crippen LogP) is 9.14. The van der Waals surface area contributed by atoms with E-state index in [4.69, 9.17) is 0 Å². The molecule has 2 aromatic rings. The van der Waals surface area contributed by atoms with Crippen LogP contribution in [0, 0.1) is 41.2 Å². The molecule has 0 amide bonds. The van der Waals surface area contributed by atoms with E-state index in [9.17, 15) is 8.78 Å². The molecule has 2 aliphatic carbocycles. The molecule has 2 aromatic carbocycles. The highest BCUT2D eigenvalue weighted by atomic mass is 19.1. The third kappa shape index (κ3) is 6.72. The van der Waals surface area contributed by atoms with Gasteiger partial charge >= 0.3 is 0 Å². The van der Waals surface area contributed by atoms with Crippen LogP contribution in [0.4, 0.5) is 8.78 Å². The van der Waals surface area contributed by atoms with Crippen LogP contribution in [0.1, 0.15) is 92.9 Å². The molecule has 2 aliphatic rings. The van der Waals surface area contributed by atoms with E-state index >= 15 is 0 Å². The second-order valence-electron chi connectivity index (χ2n) is 10.5. The lowest BCUT2D eigenvalue weighted by molar-refractivity contribution is 0.115. The van der Waals surface area contributed by atoms with Crippen LogP contribution >= 0.6 is 0 Å². The molecule has 4 rings (SSSR count). The minimum absolute atomic E-state index is 0.298. The summed E-state index contributed by atoms with van der Waals surface area (Å²) >= 11 is 0. The topological polar surface area (TPSA) is 0 Å². The third-order valence-corrected chi connectivity index (χ3v) is 8.17. The summed E-state index contributed by atoms with van der Waals surface area (Å²) in [5, 5.41) is 0. The van der Waals surface area contributed by atoms with E-state index in [-0.39, 0.29) is 11.6 Å². The summed E-state index contributed by atoms with van der Waals surface area (Å²) in [5.41, 5.74) is 2.65. The molecule has 0 aromatic heterocycles. The molecular formula is C33H38F2. The Morgan fingerprint density at radius 3 is 2.31 bits per heavy atom. The van der Waals surface area contributed by atoms with Crippen molar-refractivity contribution in [3.05, 3.63) is 95.1 Å². The van der Waals surface area contributed by atoms with Gasteiger partial charge in [0.25, 0.3) is 0 Å². The Balaban J connectivity index is 1.37. The monoisotopic (exact) mass is 472 g/mol. The molecule has 2 fully saturated rings. The van der Waals surface area contributed by atoms with Crippen molar-refractivity contribution in [1.82, 2.24) is 0 Å². The van der Waals surface area contributed by atoms with Crippen LogP contribution in [0.5, 0.6) is 0 Å². The largest absolute Gasteiger partial charge is 0.206 e. The van der Waals surface area contributed by atoms with E-state index in [0.29, 0.717) is 17.0 Å². The molecule has 0 heterocycles. The Morgan fingerprint density at radius 2 is 1.60 bits per heavy atom. The van der Waals surface area contributed by atoms with E-state index in [1.54, 1.807) is 18.2 Å². The summed E-state index contributed by atoms with van der Waals surface area (Å²) in [6.07, 6.45) is 18.0. The van der Waals surface area contributed by atoms with Crippen LogP contribution in [0.25, 0.3) is 0 Å². The standard InChI is InChI=1S/C33H38F2/c1-3-5-7-9-24-11-13-29-22-30(19-18-28(29)20-24)31-17-16-27(33(35)23-31)15-14-26-12-10-25(8-6-4-2)21-32(26)34/h3-5,10,12,16-17,21,23-24,28-30H,2,6-9,11,13,18-20,22H2,1H3/b5-3+. The minimum Gasteiger partial charge on any atom is -0.206 e. The summed E-state index contributed by atoms with van der Waals surface area (Å²) in [4.78, 5) is 0. The number of allylic oxidation sites excluding steroid dienone is 3. The van der Waals surface area contributed by atoms with Crippen molar-refractivity contribution in [3.63, 3.8) is 0 Å². The average molecular weight is 473 g/mol. The number of rotatable bonds is 7. The minimum atomic E-state index is -0.357. The molecule has 35 heavy (non-hydrogen) atoms. The summed E-state index contributed by atoms with van der Waals surface area (Å²) in [6, 6.07) is 10.6. The van der Waals surface area contributed by atoms with Crippen LogP contribution in [0.2, 0.25) is 0 Å². The highest BCUT2D eigenvalue weighted by Gasteiger charge is 2.35. The van der Waals surface area contributed by atoms with Crippen LogP contribution in [0.15, 0.2) is 61.2 Å². The SMILES string of the molecule is C=CCCc1ccc(C#Cc2ccc(C3CCC4CC(CC/C=C/C)CCC4C3)cc2F)c(F)c1. The van der Waals surface area contributed by atoms with Gasteiger partial charge in [-0.15, -0.1) is 6.58 Å². The number of halogens is 2. The lowest BCUT2D eigenvalue weighted by Crippen LogP contribution is -2.30.